The number of H-pyrrole nitrogens is 1. The highest BCUT2D eigenvalue weighted by Gasteiger charge is 2.21. The number of furan rings is 1. The van der Waals surface area contributed by atoms with Crippen LogP contribution in [0.5, 0.6) is 0 Å². The molecule has 9 nitrogen and oxygen atoms in total. The molecule has 0 bridgehead atoms. The van der Waals surface area contributed by atoms with Gasteiger partial charge in [0, 0.05) is 43.5 Å². The molecule has 36 heavy (non-hydrogen) atoms. The minimum atomic E-state index is -0.327. The summed E-state index contributed by atoms with van der Waals surface area (Å²) in [5.41, 5.74) is 3.51. The molecule has 5 rings (SSSR count). The lowest BCUT2D eigenvalue weighted by molar-refractivity contribution is 0.0909. The fourth-order valence-electron chi connectivity index (χ4n) is 4.42. The monoisotopic (exact) mass is 486 g/mol. The number of carbonyl (C=O) groups is 2. The van der Waals surface area contributed by atoms with Gasteiger partial charge >= 0.3 is 0 Å². The normalized spacial score (nSPS) is 15.1. The number of amides is 2. The van der Waals surface area contributed by atoms with Crippen LogP contribution in [0.2, 0.25) is 0 Å². The van der Waals surface area contributed by atoms with Crippen molar-refractivity contribution in [3.05, 3.63) is 77.6 Å². The Kier molecular flexibility index (Phi) is 6.73. The molecule has 1 atom stereocenters. The summed E-state index contributed by atoms with van der Waals surface area (Å²) in [6.45, 7) is 5.98. The van der Waals surface area contributed by atoms with Crippen LogP contribution in [0.4, 0.5) is 11.5 Å². The van der Waals surface area contributed by atoms with Gasteiger partial charge < -0.3 is 24.9 Å². The number of rotatable bonds is 7. The minimum absolute atomic E-state index is 0.131. The Morgan fingerprint density at radius 1 is 1.03 bits per heavy atom. The molecule has 1 fully saturated rings. The lowest BCUT2D eigenvalue weighted by Gasteiger charge is -2.34. The zero-order valence-electron chi connectivity index (χ0n) is 20.5. The Morgan fingerprint density at radius 3 is 2.44 bits per heavy atom. The molecule has 1 unspecified atom stereocenters. The quantitative estimate of drug-likeness (QED) is 0.364. The third-order valence-corrected chi connectivity index (χ3v) is 6.60. The van der Waals surface area contributed by atoms with E-state index in [2.05, 4.69) is 37.7 Å². The number of benzene rings is 2. The Hall–Kier alpha value is -4.11. The van der Waals surface area contributed by atoms with Crippen LogP contribution in [0, 0.1) is 0 Å². The van der Waals surface area contributed by atoms with Gasteiger partial charge in [0.1, 0.15) is 5.52 Å². The number of carbonyl (C=O) groups excluding carboxylic acids is 2. The van der Waals surface area contributed by atoms with Crippen molar-refractivity contribution in [2.45, 2.75) is 19.4 Å². The summed E-state index contributed by atoms with van der Waals surface area (Å²) in [4.78, 5) is 30.3. The average molecular weight is 487 g/mol. The van der Waals surface area contributed by atoms with E-state index < -0.39 is 0 Å². The van der Waals surface area contributed by atoms with Gasteiger partial charge in [-0.2, -0.15) is 5.10 Å². The van der Waals surface area contributed by atoms with Crippen LogP contribution in [-0.2, 0) is 0 Å². The lowest BCUT2D eigenvalue weighted by atomic mass is 10.0. The molecule has 4 aromatic rings. The van der Waals surface area contributed by atoms with Crippen molar-refractivity contribution in [3.8, 4) is 0 Å². The predicted octanol–water partition coefficient (Wildman–Crippen LogP) is 4.04. The number of nitrogens with zero attached hydrogens (tertiary/aromatic N) is 3. The first-order chi connectivity index (χ1) is 17.5. The largest absolute Gasteiger partial charge is 0.445 e. The molecular formula is C27H30N6O3. The molecule has 3 heterocycles. The molecule has 0 radical (unpaired) electrons. The second-order valence-corrected chi connectivity index (χ2v) is 9.06. The van der Waals surface area contributed by atoms with Crippen LogP contribution < -0.4 is 15.5 Å². The molecule has 1 aliphatic rings. The molecule has 0 aliphatic carbocycles. The van der Waals surface area contributed by atoms with Crippen LogP contribution in [0.3, 0.4) is 0 Å². The Bertz CT molecular complexity index is 1340. The number of hydrogen-bond acceptors (Lipinski definition) is 6. The van der Waals surface area contributed by atoms with E-state index in [1.54, 1.807) is 6.07 Å². The molecule has 1 saturated heterocycles. The molecule has 1 aliphatic heterocycles. The van der Waals surface area contributed by atoms with Gasteiger partial charge in [-0.1, -0.05) is 37.3 Å². The summed E-state index contributed by atoms with van der Waals surface area (Å²) < 4.78 is 5.79. The zero-order chi connectivity index (χ0) is 25.1. The number of aromatic amines is 1. The van der Waals surface area contributed by atoms with Gasteiger partial charge in [0.2, 0.25) is 0 Å². The summed E-state index contributed by atoms with van der Waals surface area (Å²) in [7, 11) is 2.12. The van der Waals surface area contributed by atoms with Gasteiger partial charge in [0.05, 0.1) is 6.04 Å². The average Bonchev–Trinajstić information content (AvgIpc) is 3.50. The first-order valence-electron chi connectivity index (χ1n) is 12.2. The maximum absolute atomic E-state index is 12.9. The van der Waals surface area contributed by atoms with E-state index in [0.29, 0.717) is 16.7 Å². The van der Waals surface area contributed by atoms with Gasteiger partial charge in [-0.15, -0.1) is 0 Å². The standard InChI is InChI=1S/C27H30N6O3/c1-3-21(18-7-5-4-6-8-18)28-27(35)23-17-22-24(36-23)25(31-30-22)29-26(34)19-9-11-20(12-10-19)33-15-13-32(2)14-16-33/h4-12,17,21H,3,13-16H2,1-2H3,(H,28,35)(H2,29,30,31,34). The van der Waals surface area contributed by atoms with Gasteiger partial charge in [0.15, 0.2) is 17.2 Å². The molecule has 186 valence electrons. The van der Waals surface area contributed by atoms with Crippen LogP contribution in [0.1, 0.15) is 45.9 Å². The fourth-order valence-corrected chi connectivity index (χ4v) is 4.42. The number of hydrogen-bond donors (Lipinski definition) is 3. The molecule has 2 amide bonds. The van der Waals surface area contributed by atoms with Crippen LogP contribution in [-0.4, -0.2) is 60.1 Å². The topological polar surface area (TPSA) is 106 Å². The summed E-state index contributed by atoms with van der Waals surface area (Å²) in [5, 5.41) is 12.8. The van der Waals surface area contributed by atoms with Gasteiger partial charge in [-0.05, 0) is 43.3 Å². The summed E-state index contributed by atoms with van der Waals surface area (Å²) >= 11 is 0. The Balaban J connectivity index is 1.26. The van der Waals surface area contributed by atoms with Gasteiger partial charge in [-0.3, -0.25) is 14.7 Å². The molecule has 0 spiro atoms. The number of piperazine rings is 1. The number of fused-ring (bicyclic) bond motifs is 1. The van der Waals surface area contributed by atoms with Crippen molar-refractivity contribution in [1.29, 1.82) is 0 Å². The second kappa shape index (κ2) is 10.2. The first kappa shape index (κ1) is 23.6. The van der Waals surface area contributed by atoms with E-state index in [1.807, 2.05) is 61.5 Å². The van der Waals surface area contributed by atoms with Crippen molar-refractivity contribution in [2.75, 3.05) is 43.4 Å². The number of likely N-dealkylation sites (N-methyl/N-ethyl adjacent to an activating group) is 1. The molecule has 2 aromatic carbocycles. The molecule has 9 heteroatoms. The molecule has 3 N–H and O–H groups in total. The third-order valence-electron chi connectivity index (χ3n) is 6.60. The maximum Gasteiger partial charge on any atom is 0.287 e. The Morgan fingerprint density at radius 2 is 1.75 bits per heavy atom. The zero-order valence-corrected chi connectivity index (χ0v) is 20.5. The number of anilines is 2. The predicted molar refractivity (Wildman–Crippen MR) is 139 cm³/mol. The van der Waals surface area contributed by atoms with E-state index in [1.165, 1.54) is 0 Å². The van der Waals surface area contributed by atoms with E-state index in [9.17, 15) is 9.59 Å². The van der Waals surface area contributed by atoms with Gasteiger partial charge in [0.25, 0.3) is 11.8 Å². The van der Waals surface area contributed by atoms with Crippen LogP contribution in [0.15, 0.2) is 65.1 Å². The summed E-state index contributed by atoms with van der Waals surface area (Å²) in [5.74, 6) is -0.231. The Labute approximate surface area is 209 Å². The SMILES string of the molecule is CCC(NC(=O)c1cc2[nH]nc(NC(=O)c3ccc(N4CCN(C)CC4)cc3)c2o1)c1ccccc1. The molecule has 2 aromatic heterocycles. The van der Waals surface area contributed by atoms with Crippen molar-refractivity contribution in [1.82, 2.24) is 20.4 Å². The second-order valence-electron chi connectivity index (χ2n) is 9.06. The van der Waals surface area contributed by atoms with E-state index in [4.69, 9.17) is 4.42 Å². The third kappa shape index (κ3) is 4.96. The maximum atomic E-state index is 12.9. The number of aromatic nitrogens is 2. The van der Waals surface area contributed by atoms with Crippen LogP contribution in [0.25, 0.3) is 11.1 Å². The summed E-state index contributed by atoms with van der Waals surface area (Å²) in [6.07, 6.45) is 0.741. The minimum Gasteiger partial charge on any atom is -0.445 e. The molecular weight excluding hydrogens is 456 g/mol. The van der Waals surface area contributed by atoms with Crippen molar-refractivity contribution in [2.24, 2.45) is 0 Å². The number of nitrogens with one attached hydrogen (secondary N) is 3. The van der Waals surface area contributed by atoms with Crippen molar-refractivity contribution in [3.63, 3.8) is 0 Å². The lowest BCUT2D eigenvalue weighted by Crippen LogP contribution is -2.44. The van der Waals surface area contributed by atoms with E-state index in [0.717, 1.165) is 43.9 Å². The van der Waals surface area contributed by atoms with E-state index in [-0.39, 0.29) is 29.4 Å². The molecule has 0 saturated carbocycles. The highest BCUT2D eigenvalue weighted by Crippen LogP contribution is 2.26. The first-order valence-corrected chi connectivity index (χ1v) is 12.2. The van der Waals surface area contributed by atoms with Crippen LogP contribution >= 0.6 is 0 Å². The highest BCUT2D eigenvalue weighted by molar-refractivity contribution is 6.07. The summed E-state index contributed by atoms with van der Waals surface area (Å²) in [6, 6.07) is 18.8. The van der Waals surface area contributed by atoms with Crippen molar-refractivity contribution >= 4 is 34.4 Å². The van der Waals surface area contributed by atoms with Crippen molar-refractivity contribution < 1.29 is 14.0 Å². The fraction of sp³-hybridized carbons (Fsp3) is 0.296. The van der Waals surface area contributed by atoms with Gasteiger partial charge in [-0.25, -0.2) is 0 Å². The highest BCUT2D eigenvalue weighted by atomic mass is 16.3. The smallest absolute Gasteiger partial charge is 0.287 e. The van der Waals surface area contributed by atoms with E-state index >= 15 is 0 Å².